The molecule has 2 bridgehead atoms. The lowest BCUT2D eigenvalue weighted by Gasteiger charge is -2.52. The van der Waals surface area contributed by atoms with Gasteiger partial charge in [-0.1, -0.05) is 0 Å². The molecule has 1 aliphatic carbocycles. The lowest BCUT2D eigenvalue weighted by Crippen LogP contribution is -2.68. The number of hydrogen-bond acceptors (Lipinski definition) is 5. The van der Waals surface area contributed by atoms with E-state index in [1.54, 1.807) is 0 Å². The van der Waals surface area contributed by atoms with Crippen molar-refractivity contribution in [1.29, 1.82) is 0 Å². The van der Waals surface area contributed by atoms with Crippen molar-refractivity contribution in [3.8, 4) is 0 Å². The number of aliphatic hydroxyl groups excluding tert-OH is 2. The van der Waals surface area contributed by atoms with Crippen LogP contribution in [0.4, 0.5) is 0 Å². The maximum Gasteiger partial charge on any atom is 0.470 e. The summed E-state index contributed by atoms with van der Waals surface area (Å²) in [6.45, 7) is 0. The van der Waals surface area contributed by atoms with Crippen LogP contribution >= 0.6 is 7.82 Å². The van der Waals surface area contributed by atoms with Crippen LogP contribution in [0.1, 0.15) is 6.42 Å². The highest BCUT2D eigenvalue weighted by Crippen LogP contribution is 2.47. The average Bonchev–Trinajstić information content (AvgIpc) is 2.03. The van der Waals surface area contributed by atoms with Crippen LogP contribution in [0, 0.1) is 0 Å². The molecule has 1 saturated carbocycles. The monoisotopic (exact) mass is 226 g/mol. The molecular weight excluding hydrogens is 215 g/mol. The Labute approximate surface area is 79.5 Å². The minimum atomic E-state index is -4.56. The van der Waals surface area contributed by atoms with Crippen molar-refractivity contribution < 1.29 is 33.8 Å². The van der Waals surface area contributed by atoms with Crippen LogP contribution in [-0.4, -0.2) is 50.5 Å². The fourth-order valence-corrected chi connectivity index (χ4v) is 2.40. The summed E-state index contributed by atoms with van der Waals surface area (Å²) in [6, 6.07) is 0. The third-order valence-electron chi connectivity index (χ3n) is 2.49. The van der Waals surface area contributed by atoms with Crippen LogP contribution in [0.5, 0.6) is 0 Å². The zero-order chi connectivity index (χ0) is 10.5. The van der Waals surface area contributed by atoms with E-state index in [-0.39, 0.29) is 6.42 Å². The zero-order valence-electron chi connectivity index (χ0n) is 7.05. The average molecular weight is 226 g/mol. The zero-order valence-corrected chi connectivity index (χ0v) is 7.95. The van der Waals surface area contributed by atoms with Crippen LogP contribution in [-0.2, 0) is 13.8 Å². The standard InChI is InChI=1S/C6H11O7P/c7-2-1-3-5(13-14(9,10)11)6(12-3)4(2)8/h2-8H,1H2,(H2,9,10,11)/t2?,3-,4-,5?,6?/m0/s1. The minimum Gasteiger partial charge on any atom is -0.390 e. The fraction of sp³-hybridized carbons (Fsp3) is 1.00. The van der Waals surface area contributed by atoms with Gasteiger partial charge in [0.25, 0.3) is 0 Å². The molecular formula is C6H11O7P. The van der Waals surface area contributed by atoms with E-state index in [1.807, 2.05) is 0 Å². The summed E-state index contributed by atoms with van der Waals surface area (Å²) in [6.07, 6.45) is -4.12. The summed E-state index contributed by atoms with van der Waals surface area (Å²) in [4.78, 5) is 17.1. The van der Waals surface area contributed by atoms with Crippen LogP contribution in [0.2, 0.25) is 0 Å². The summed E-state index contributed by atoms with van der Waals surface area (Å²) in [5.41, 5.74) is 0. The summed E-state index contributed by atoms with van der Waals surface area (Å²) in [5.74, 6) is 0. The predicted octanol–water partition coefficient (Wildman–Crippen LogP) is -1.64. The van der Waals surface area contributed by atoms with Crippen molar-refractivity contribution in [2.75, 3.05) is 0 Å². The minimum absolute atomic E-state index is 0.127. The molecule has 0 amide bonds. The normalized spacial score (nSPS) is 47.3. The van der Waals surface area contributed by atoms with Crippen molar-refractivity contribution in [2.45, 2.75) is 36.9 Å². The molecule has 3 rings (SSSR count). The topological polar surface area (TPSA) is 116 Å². The predicted molar refractivity (Wildman–Crippen MR) is 42.2 cm³/mol. The second-order valence-electron chi connectivity index (χ2n) is 3.49. The van der Waals surface area contributed by atoms with E-state index in [9.17, 15) is 14.8 Å². The van der Waals surface area contributed by atoms with Gasteiger partial charge in [0, 0.05) is 6.42 Å². The van der Waals surface area contributed by atoms with Crippen molar-refractivity contribution in [3.63, 3.8) is 0 Å². The van der Waals surface area contributed by atoms with Gasteiger partial charge >= 0.3 is 7.82 Å². The Hall–Kier alpha value is -0.0100. The third-order valence-corrected chi connectivity index (χ3v) is 3.00. The molecule has 3 fully saturated rings. The van der Waals surface area contributed by atoms with Gasteiger partial charge in [0.2, 0.25) is 0 Å². The molecule has 2 aliphatic heterocycles. The molecule has 7 nitrogen and oxygen atoms in total. The first kappa shape index (κ1) is 10.5. The Bertz CT molecular complexity index is 275. The number of phosphoric acid groups is 1. The quantitative estimate of drug-likeness (QED) is 0.417. The van der Waals surface area contributed by atoms with Crippen LogP contribution in [0.25, 0.3) is 0 Å². The lowest BCUT2D eigenvalue weighted by molar-refractivity contribution is -0.299. The lowest BCUT2D eigenvalue weighted by atomic mass is 9.82. The van der Waals surface area contributed by atoms with Crippen molar-refractivity contribution in [3.05, 3.63) is 0 Å². The van der Waals surface area contributed by atoms with E-state index in [2.05, 4.69) is 4.52 Å². The van der Waals surface area contributed by atoms with Gasteiger partial charge in [0.1, 0.15) is 18.3 Å². The molecule has 4 N–H and O–H groups in total. The second-order valence-corrected chi connectivity index (χ2v) is 4.69. The summed E-state index contributed by atoms with van der Waals surface area (Å²) in [5, 5.41) is 18.6. The number of aliphatic hydroxyl groups is 2. The summed E-state index contributed by atoms with van der Waals surface area (Å²) < 4.78 is 20.0. The van der Waals surface area contributed by atoms with E-state index in [0.29, 0.717) is 0 Å². The van der Waals surface area contributed by atoms with Crippen LogP contribution in [0.3, 0.4) is 0 Å². The number of rotatable bonds is 2. The molecule has 0 spiro atoms. The molecule has 3 unspecified atom stereocenters. The van der Waals surface area contributed by atoms with E-state index in [4.69, 9.17) is 14.5 Å². The SMILES string of the molecule is O=P(O)(O)OC1C2O[C@H]1CC(O)[C@@H]2O. The first-order valence-corrected chi connectivity index (χ1v) is 5.67. The first-order valence-electron chi connectivity index (χ1n) is 4.14. The van der Waals surface area contributed by atoms with Crippen LogP contribution < -0.4 is 0 Å². The van der Waals surface area contributed by atoms with Gasteiger partial charge < -0.3 is 24.7 Å². The van der Waals surface area contributed by atoms with Gasteiger partial charge in [-0.15, -0.1) is 0 Å². The Balaban J connectivity index is 2.01. The Morgan fingerprint density at radius 1 is 1.36 bits per heavy atom. The summed E-state index contributed by atoms with van der Waals surface area (Å²) >= 11 is 0. The molecule has 0 aromatic carbocycles. The largest absolute Gasteiger partial charge is 0.470 e. The molecule has 2 heterocycles. The molecule has 0 aromatic heterocycles. The van der Waals surface area contributed by atoms with Gasteiger partial charge in [0.05, 0.1) is 12.2 Å². The van der Waals surface area contributed by atoms with Gasteiger partial charge in [-0.25, -0.2) is 4.57 Å². The highest BCUT2D eigenvalue weighted by Gasteiger charge is 2.56. The smallest absolute Gasteiger partial charge is 0.390 e. The number of phosphoric ester groups is 1. The highest BCUT2D eigenvalue weighted by atomic mass is 31.2. The first-order chi connectivity index (χ1) is 6.38. The number of ether oxygens (including phenoxy) is 1. The van der Waals surface area contributed by atoms with Crippen LogP contribution in [0.15, 0.2) is 0 Å². The molecule has 82 valence electrons. The van der Waals surface area contributed by atoms with Gasteiger partial charge in [0.15, 0.2) is 0 Å². The summed E-state index contributed by atoms with van der Waals surface area (Å²) in [7, 11) is -4.56. The van der Waals surface area contributed by atoms with Crippen molar-refractivity contribution >= 4 is 7.82 Å². The van der Waals surface area contributed by atoms with E-state index >= 15 is 0 Å². The Morgan fingerprint density at radius 3 is 2.50 bits per heavy atom. The van der Waals surface area contributed by atoms with E-state index < -0.39 is 38.3 Å². The van der Waals surface area contributed by atoms with Crippen molar-refractivity contribution in [2.24, 2.45) is 0 Å². The molecule has 14 heavy (non-hydrogen) atoms. The molecule has 3 aliphatic rings. The van der Waals surface area contributed by atoms with E-state index in [0.717, 1.165) is 0 Å². The highest BCUT2D eigenvalue weighted by molar-refractivity contribution is 7.46. The van der Waals surface area contributed by atoms with Gasteiger partial charge in [-0.3, -0.25) is 4.52 Å². The Kier molecular flexibility index (Phi) is 2.43. The number of fused-ring (bicyclic) bond motifs is 2. The molecule has 8 heteroatoms. The number of hydrogen-bond donors (Lipinski definition) is 4. The maximum atomic E-state index is 10.5. The second kappa shape index (κ2) is 3.24. The molecule has 0 aromatic rings. The van der Waals surface area contributed by atoms with E-state index in [1.165, 1.54) is 0 Å². The van der Waals surface area contributed by atoms with Crippen molar-refractivity contribution in [1.82, 2.24) is 0 Å². The maximum absolute atomic E-state index is 10.5. The van der Waals surface area contributed by atoms with Gasteiger partial charge in [-0.2, -0.15) is 0 Å². The molecule has 0 radical (unpaired) electrons. The Morgan fingerprint density at radius 2 is 2.00 bits per heavy atom. The molecule has 2 saturated heterocycles. The third kappa shape index (κ3) is 1.72. The molecule has 5 atom stereocenters. The van der Waals surface area contributed by atoms with Gasteiger partial charge in [-0.05, 0) is 0 Å². The fourth-order valence-electron chi connectivity index (χ4n) is 1.83.